The summed E-state index contributed by atoms with van der Waals surface area (Å²) >= 11 is 0. The number of hydrogen-bond acceptors (Lipinski definition) is 3. The maximum atomic E-state index is 8.87. The second-order valence-corrected chi connectivity index (χ2v) is 4.87. The molecule has 0 spiro atoms. The van der Waals surface area contributed by atoms with Gasteiger partial charge in [0.15, 0.2) is 0 Å². The van der Waals surface area contributed by atoms with E-state index in [1.165, 1.54) is 25.7 Å². The van der Waals surface area contributed by atoms with Crippen LogP contribution in [-0.2, 0) is 4.74 Å². The summed E-state index contributed by atoms with van der Waals surface area (Å²) < 4.78 is 5.64. The molecule has 0 aromatic carbocycles. The van der Waals surface area contributed by atoms with Crippen molar-refractivity contribution in [1.29, 1.82) is 0 Å². The number of rotatable bonds is 6. The second-order valence-electron chi connectivity index (χ2n) is 4.87. The summed E-state index contributed by atoms with van der Waals surface area (Å²) in [6.07, 6.45) is 5.17. The number of ether oxygens (including phenoxy) is 1. The number of aliphatic hydroxyl groups is 1. The first kappa shape index (κ1) is 12.9. The lowest BCUT2D eigenvalue weighted by atomic mass is 9.80. The largest absolute Gasteiger partial charge is 0.396 e. The van der Waals surface area contributed by atoms with E-state index in [9.17, 15) is 0 Å². The van der Waals surface area contributed by atoms with Crippen LogP contribution in [0.1, 0.15) is 32.6 Å². The molecule has 3 N–H and O–H groups in total. The molecule has 0 aromatic rings. The van der Waals surface area contributed by atoms with E-state index in [0.717, 1.165) is 13.2 Å². The summed E-state index contributed by atoms with van der Waals surface area (Å²) in [4.78, 5) is 0. The maximum Gasteiger partial charge on any atom is 0.0513 e. The van der Waals surface area contributed by atoms with Crippen molar-refractivity contribution in [3.8, 4) is 0 Å². The summed E-state index contributed by atoms with van der Waals surface area (Å²) in [5.74, 6) is 1.56. The minimum Gasteiger partial charge on any atom is -0.396 e. The Morgan fingerprint density at radius 3 is 2.60 bits per heavy atom. The van der Waals surface area contributed by atoms with Crippen LogP contribution >= 0.6 is 0 Å². The zero-order valence-electron chi connectivity index (χ0n) is 9.82. The van der Waals surface area contributed by atoms with E-state index in [1.807, 2.05) is 6.92 Å². The van der Waals surface area contributed by atoms with Gasteiger partial charge in [-0.2, -0.15) is 0 Å². The zero-order valence-corrected chi connectivity index (χ0v) is 9.82. The van der Waals surface area contributed by atoms with Gasteiger partial charge in [0.1, 0.15) is 0 Å². The number of hydrogen-bond donors (Lipinski definition) is 2. The molecular weight excluding hydrogens is 190 g/mol. The van der Waals surface area contributed by atoms with E-state index in [-0.39, 0.29) is 12.5 Å². The lowest BCUT2D eigenvalue weighted by molar-refractivity contribution is 0.0323. The highest BCUT2D eigenvalue weighted by Gasteiger charge is 2.23. The van der Waals surface area contributed by atoms with Gasteiger partial charge in [-0.3, -0.25) is 0 Å². The minimum absolute atomic E-state index is 0.213. The molecule has 0 heterocycles. The fraction of sp³-hybridized carbons (Fsp3) is 1.00. The summed E-state index contributed by atoms with van der Waals surface area (Å²) in [5.41, 5.74) is 5.76. The third-order valence-corrected chi connectivity index (χ3v) is 3.42. The van der Waals surface area contributed by atoms with Gasteiger partial charge in [0.25, 0.3) is 0 Å². The topological polar surface area (TPSA) is 55.5 Å². The van der Waals surface area contributed by atoms with Crippen LogP contribution in [0.5, 0.6) is 0 Å². The van der Waals surface area contributed by atoms with Crippen LogP contribution in [0.4, 0.5) is 0 Å². The van der Waals surface area contributed by atoms with Crippen molar-refractivity contribution in [2.75, 3.05) is 26.4 Å². The number of nitrogens with two attached hydrogens (primary N) is 1. The van der Waals surface area contributed by atoms with Crippen molar-refractivity contribution >= 4 is 0 Å². The fourth-order valence-corrected chi connectivity index (χ4v) is 2.29. The molecule has 1 saturated carbocycles. The Bertz CT molecular complexity index is 164. The molecule has 90 valence electrons. The highest BCUT2D eigenvalue weighted by Crippen LogP contribution is 2.29. The Morgan fingerprint density at radius 1 is 1.33 bits per heavy atom. The van der Waals surface area contributed by atoms with Gasteiger partial charge in [0.2, 0.25) is 0 Å². The lowest BCUT2D eigenvalue weighted by Crippen LogP contribution is -2.30. The normalized spacial score (nSPS) is 29.0. The molecule has 0 amide bonds. The third kappa shape index (κ3) is 4.49. The van der Waals surface area contributed by atoms with Crippen LogP contribution in [-0.4, -0.2) is 31.5 Å². The SMILES string of the molecule is CC(CO)COCC1CCCCC1CN. The van der Waals surface area contributed by atoms with E-state index in [4.69, 9.17) is 15.6 Å². The van der Waals surface area contributed by atoms with Gasteiger partial charge in [-0.15, -0.1) is 0 Å². The van der Waals surface area contributed by atoms with E-state index in [0.29, 0.717) is 18.4 Å². The number of aliphatic hydroxyl groups excluding tert-OH is 1. The molecule has 3 atom stereocenters. The van der Waals surface area contributed by atoms with E-state index in [1.54, 1.807) is 0 Å². The van der Waals surface area contributed by atoms with Crippen LogP contribution in [0.25, 0.3) is 0 Å². The molecule has 0 aliphatic heterocycles. The van der Waals surface area contributed by atoms with Gasteiger partial charge in [-0.25, -0.2) is 0 Å². The van der Waals surface area contributed by atoms with Crippen LogP contribution in [0.3, 0.4) is 0 Å². The molecule has 3 nitrogen and oxygen atoms in total. The Hall–Kier alpha value is -0.120. The average Bonchev–Trinajstić information content (AvgIpc) is 2.29. The Kier molecular flexibility index (Phi) is 6.22. The van der Waals surface area contributed by atoms with Crippen molar-refractivity contribution in [2.45, 2.75) is 32.6 Å². The summed E-state index contributed by atoms with van der Waals surface area (Å²) in [5, 5.41) is 8.87. The van der Waals surface area contributed by atoms with Crippen molar-refractivity contribution < 1.29 is 9.84 Å². The van der Waals surface area contributed by atoms with E-state index < -0.39 is 0 Å². The Labute approximate surface area is 93.0 Å². The lowest BCUT2D eigenvalue weighted by Gasteiger charge is -2.30. The summed E-state index contributed by atoms with van der Waals surface area (Å²) in [6, 6.07) is 0. The molecule has 1 rings (SSSR count). The molecule has 1 fully saturated rings. The standard InChI is InChI=1S/C12H25NO2/c1-10(7-14)8-15-9-12-5-3-2-4-11(12)6-13/h10-12,14H,2-9,13H2,1H3. The molecule has 0 bridgehead atoms. The fourth-order valence-electron chi connectivity index (χ4n) is 2.29. The average molecular weight is 215 g/mol. The van der Waals surface area contributed by atoms with Gasteiger partial charge < -0.3 is 15.6 Å². The molecule has 15 heavy (non-hydrogen) atoms. The molecule has 3 unspecified atom stereocenters. The van der Waals surface area contributed by atoms with Crippen LogP contribution in [0.2, 0.25) is 0 Å². The van der Waals surface area contributed by atoms with Crippen LogP contribution in [0.15, 0.2) is 0 Å². The summed E-state index contributed by atoms with van der Waals surface area (Å²) in [6.45, 7) is 4.51. The molecule has 0 aromatic heterocycles. The third-order valence-electron chi connectivity index (χ3n) is 3.42. The summed E-state index contributed by atoms with van der Waals surface area (Å²) in [7, 11) is 0. The van der Waals surface area contributed by atoms with Crippen molar-refractivity contribution in [2.24, 2.45) is 23.5 Å². The Balaban J connectivity index is 2.17. The van der Waals surface area contributed by atoms with Crippen molar-refractivity contribution in [3.63, 3.8) is 0 Å². The molecule has 1 aliphatic rings. The monoisotopic (exact) mass is 215 g/mol. The predicted molar refractivity (Wildman–Crippen MR) is 61.6 cm³/mol. The van der Waals surface area contributed by atoms with Gasteiger partial charge in [0.05, 0.1) is 6.61 Å². The van der Waals surface area contributed by atoms with E-state index >= 15 is 0 Å². The van der Waals surface area contributed by atoms with Gasteiger partial charge in [-0.1, -0.05) is 19.8 Å². The first-order chi connectivity index (χ1) is 7.27. The van der Waals surface area contributed by atoms with Crippen LogP contribution in [0, 0.1) is 17.8 Å². The highest BCUT2D eigenvalue weighted by atomic mass is 16.5. The zero-order chi connectivity index (χ0) is 11.1. The quantitative estimate of drug-likeness (QED) is 0.704. The first-order valence-electron chi connectivity index (χ1n) is 6.16. The molecular formula is C12H25NO2. The molecule has 3 heteroatoms. The van der Waals surface area contributed by atoms with Gasteiger partial charge in [-0.05, 0) is 31.2 Å². The minimum atomic E-state index is 0.213. The van der Waals surface area contributed by atoms with E-state index in [2.05, 4.69) is 0 Å². The second kappa shape index (κ2) is 7.20. The van der Waals surface area contributed by atoms with Gasteiger partial charge in [0, 0.05) is 19.1 Å². The highest BCUT2D eigenvalue weighted by molar-refractivity contribution is 4.75. The molecule has 0 saturated heterocycles. The maximum absolute atomic E-state index is 8.87. The first-order valence-corrected chi connectivity index (χ1v) is 6.16. The van der Waals surface area contributed by atoms with Crippen molar-refractivity contribution in [3.05, 3.63) is 0 Å². The van der Waals surface area contributed by atoms with Gasteiger partial charge >= 0.3 is 0 Å². The Morgan fingerprint density at radius 2 is 2.00 bits per heavy atom. The molecule has 0 radical (unpaired) electrons. The smallest absolute Gasteiger partial charge is 0.0513 e. The van der Waals surface area contributed by atoms with Crippen molar-refractivity contribution in [1.82, 2.24) is 0 Å². The predicted octanol–water partition coefficient (Wildman–Crippen LogP) is 1.40. The molecule has 1 aliphatic carbocycles. The van der Waals surface area contributed by atoms with Crippen LogP contribution < -0.4 is 5.73 Å².